The number of benzene rings is 1. The van der Waals surface area contributed by atoms with E-state index in [1.165, 1.54) is 18.3 Å². The molecule has 0 unspecified atom stereocenters. The molecule has 0 radical (unpaired) electrons. The number of thiophene rings is 1. The molecule has 8 nitrogen and oxygen atoms in total. The van der Waals surface area contributed by atoms with Crippen LogP contribution < -0.4 is 15.5 Å². The zero-order valence-corrected chi connectivity index (χ0v) is 18.7. The highest BCUT2D eigenvalue weighted by atomic mass is 32.1. The Hall–Kier alpha value is -3.04. The molecule has 0 bridgehead atoms. The van der Waals surface area contributed by atoms with Crippen molar-refractivity contribution in [2.45, 2.75) is 45.4 Å². The van der Waals surface area contributed by atoms with Gasteiger partial charge in [0.1, 0.15) is 0 Å². The number of Topliss-reactive ketones (excluding diaryl/α,β-unsaturated/α-hetero) is 1. The van der Waals surface area contributed by atoms with Crippen LogP contribution in [-0.2, 0) is 20.7 Å². The van der Waals surface area contributed by atoms with E-state index < -0.39 is 35.4 Å². The third kappa shape index (κ3) is 2.99. The molecule has 1 spiro atoms. The van der Waals surface area contributed by atoms with Crippen LogP contribution in [0.2, 0.25) is 0 Å². The first-order chi connectivity index (χ1) is 15.2. The van der Waals surface area contributed by atoms with Crippen molar-refractivity contribution in [3.05, 3.63) is 40.8 Å². The lowest BCUT2D eigenvalue weighted by molar-refractivity contribution is -0.153. The number of imide groups is 2. The number of hydrogen-bond donors (Lipinski definition) is 2. The number of anilines is 1. The summed E-state index contributed by atoms with van der Waals surface area (Å²) in [5, 5.41) is 4.60. The van der Waals surface area contributed by atoms with Crippen LogP contribution in [0.5, 0.6) is 0 Å². The zero-order chi connectivity index (χ0) is 22.8. The smallest absolute Gasteiger partial charge is 0.328 e. The van der Waals surface area contributed by atoms with Gasteiger partial charge in [0.2, 0.25) is 11.8 Å². The average Bonchev–Trinajstić information content (AvgIpc) is 3.21. The maximum Gasteiger partial charge on any atom is 0.328 e. The first-order valence-corrected chi connectivity index (χ1v) is 11.4. The number of carbonyl (C=O) groups is 4. The third-order valence-corrected chi connectivity index (χ3v) is 7.78. The number of urea groups is 1. The summed E-state index contributed by atoms with van der Waals surface area (Å²) in [4.78, 5) is 53.6. The predicted molar refractivity (Wildman–Crippen MR) is 119 cm³/mol. The van der Waals surface area contributed by atoms with E-state index in [0.717, 1.165) is 21.7 Å². The molecule has 4 amide bonds. The normalized spacial score (nSPS) is 26.3. The highest BCUT2D eigenvalue weighted by molar-refractivity contribution is 7.17. The Morgan fingerprint density at radius 1 is 1.12 bits per heavy atom. The molecule has 5 rings (SSSR count). The monoisotopic (exact) mass is 453 g/mol. The molecule has 0 saturated carbocycles. The summed E-state index contributed by atoms with van der Waals surface area (Å²) in [7, 11) is 0. The van der Waals surface area contributed by atoms with Crippen LogP contribution in [0.1, 0.15) is 36.0 Å². The lowest BCUT2D eigenvalue weighted by Crippen LogP contribution is -2.75. The molecular formula is C23H23N3O5S. The van der Waals surface area contributed by atoms with Crippen molar-refractivity contribution in [3.8, 4) is 10.4 Å². The lowest BCUT2D eigenvalue weighted by Gasteiger charge is -2.55. The van der Waals surface area contributed by atoms with Crippen molar-refractivity contribution >= 4 is 40.7 Å². The second-order valence-electron chi connectivity index (χ2n) is 8.70. The Kier molecular flexibility index (Phi) is 4.72. The van der Waals surface area contributed by atoms with Crippen molar-refractivity contribution < 1.29 is 23.9 Å². The van der Waals surface area contributed by atoms with Crippen molar-refractivity contribution in [2.24, 2.45) is 5.41 Å². The number of hydrogen-bond acceptors (Lipinski definition) is 7. The van der Waals surface area contributed by atoms with Gasteiger partial charge in [-0.25, -0.2) is 4.79 Å². The van der Waals surface area contributed by atoms with Crippen LogP contribution in [0, 0.1) is 5.41 Å². The molecule has 2 aromatic rings. The largest absolute Gasteiger partial charge is 0.372 e. The molecule has 3 atom stereocenters. The van der Waals surface area contributed by atoms with Crippen LogP contribution in [0.15, 0.2) is 30.3 Å². The van der Waals surface area contributed by atoms with Gasteiger partial charge in [0, 0.05) is 17.1 Å². The van der Waals surface area contributed by atoms with Gasteiger partial charge < -0.3 is 9.64 Å². The fourth-order valence-corrected chi connectivity index (χ4v) is 6.18. The van der Waals surface area contributed by atoms with Gasteiger partial charge in [-0.15, -0.1) is 11.3 Å². The first-order valence-electron chi connectivity index (χ1n) is 10.5. The van der Waals surface area contributed by atoms with Crippen molar-refractivity contribution in [1.29, 1.82) is 0 Å². The van der Waals surface area contributed by atoms with Crippen LogP contribution >= 0.6 is 11.3 Å². The van der Waals surface area contributed by atoms with Gasteiger partial charge in [0.25, 0.3) is 0 Å². The quantitative estimate of drug-likeness (QED) is 0.535. The van der Waals surface area contributed by atoms with Crippen molar-refractivity contribution in [2.75, 3.05) is 11.4 Å². The number of amides is 4. The Morgan fingerprint density at radius 2 is 1.84 bits per heavy atom. The van der Waals surface area contributed by atoms with Crippen molar-refractivity contribution in [1.82, 2.24) is 10.6 Å². The van der Waals surface area contributed by atoms with E-state index in [4.69, 9.17) is 4.74 Å². The minimum absolute atomic E-state index is 0.0116. The van der Waals surface area contributed by atoms with E-state index in [9.17, 15) is 19.2 Å². The number of ether oxygens (including phenoxy) is 1. The predicted octanol–water partition coefficient (Wildman–Crippen LogP) is 2.51. The number of rotatable bonds is 2. The summed E-state index contributed by atoms with van der Waals surface area (Å²) in [5.74, 6) is -1.19. The molecule has 1 aromatic carbocycles. The standard InChI is InChI=1S/C23H23N3O5S/c1-11-10-26-16-5-4-14(18-7-6-17(32-18)12(2)27)8-15(16)9-23(19(26)13(3)31-11)20(28)24-22(30)25-21(23)29/h4-8,11,13,19H,9-10H2,1-3H3,(H2,24,25,28,29,30)/t11-,13+,19-/m1/s1. The molecule has 3 aliphatic heterocycles. The van der Waals surface area contributed by atoms with Gasteiger partial charge in [0.05, 0.1) is 23.1 Å². The summed E-state index contributed by atoms with van der Waals surface area (Å²) in [6.07, 6.45) is -0.336. The zero-order valence-electron chi connectivity index (χ0n) is 17.9. The number of ketones is 1. The second-order valence-corrected chi connectivity index (χ2v) is 9.78. The van der Waals surface area contributed by atoms with Crippen molar-refractivity contribution in [3.63, 3.8) is 0 Å². The molecule has 9 heteroatoms. The van der Waals surface area contributed by atoms with Crippen LogP contribution in [0.4, 0.5) is 10.5 Å². The van der Waals surface area contributed by atoms with E-state index in [2.05, 4.69) is 15.5 Å². The molecule has 3 aliphatic rings. The highest BCUT2D eigenvalue weighted by Crippen LogP contribution is 2.47. The minimum Gasteiger partial charge on any atom is -0.372 e. The Bertz CT molecular complexity index is 1150. The summed E-state index contributed by atoms with van der Waals surface area (Å²) >= 11 is 1.41. The molecular weight excluding hydrogens is 430 g/mol. The van der Waals surface area contributed by atoms with Crippen LogP contribution in [0.25, 0.3) is 10.4 Å². The number of morpholine rings is 1. The van der Waals surface area contributed by atoms with Gasteiger partial charge in [-0.3, -0.25) is 25.0 Å². The maximum absolute atomic E-state index is 13.2. The summed E-state index contributed by atoms with van der Waals surface area (Å²) in [6.45, 7) is 5.88. The summed E-state index contributed by atoms with van der Waals surface area (Å²) in [6, 6.07) is 8.34. The molecule has 166 valence electrons. The van der Waals surface area contributed by atoms with E-state index in [0.29, 0.717) is 11.4 Å². The van der Waals surface area contributed by atoms with E-state index in [-0.39, 0.29) is 18.3 Å². The minimum atomic E-state index is -1.49. The third-order valence-electron chi connectivity index (χ3n) is 6.55. The maximum atomic E-state index is 13.2. The SMILES string of the molecule is CC(=O)c1ccc(-c2ccc3c(c2)CC2(C(=O)NC(=O)NC2=O)[C@H]2[C@H](C)O[C@H](C)CN32)s1. The fourth-order valence-electron chi connectivity index (χ4n) is 5.28. The van der Waals surface area contributed by atoms with Crippen LogP contribution in [-0.4, -0.2) is 48.4 Å². The Balaban J connectivity index is 1.65. The topological polar surface area (TPSA) is 105 Å². The molecule has 4 heterocycles. The molecule has 1 aromatic heterocycles. The van der Waals surface area contributed by atoms with Gasteiger partial charge in [-0.2, -0.15) is 0 Å². The number of fused-ring (bicyclic) bond motifs is 4. The molecule has 32 heavy (non-hydrogen) atoms. The number of barbiturate groups is 1. The first kappa shape index (κ1) is 20.8. The van der Waals surface area contributed by atoms with Gasteiger partial charge >= 0.3 is 6.03 Å². The number of nitrogens with one attached hydrogen (secondary N) is 2. The van der Waals surface area contributed by atoms with E-state index in [1.807, 2.05) is 38.1 Å². The van der Waals surface area contributed by atoms with Gasteiger partial charge in [0.15, 0.2) is 11.2 Å². The fraction of sp³-hybridized carbons (Fsp3) is 0.391. The summed E-state index contributed by atoms with van der Waals surface area (Å²) in [5.41, 5.74) is 1.22. The number of nitrogens with zero attached hydrogens (tertiary/aromatic N) is 1. The van der Waals surface area contributed by atoms with Gasteiger partial charge in [-0.1, -0.05) is 6.07 Å². The Labute approximate surface area is 188 Å². The number of carbonyl (C=O) groups excluding carboxylic acids is 4. The molecule has 0 aliphatic carbocycles. The average molecular weight is 454 g/mol. The summed E-state index contributed by atoms with van der Waals surface area (Å²) < 4.78 is 6.02. The van der Waals surface area contributed by atoms with E-state index in [1.54, 1.807) is 6.07 Å². The second kappa shape index (κ2) is 7.25. The van der Waals surface area contributed by atoms with Crippen LogP contribution in [0.3, 0.4) is 0 Å². The lowest BCUT2D eigenvalue weighted by atomic mass is 9.66. The Morgan fingerprint density at radius 3 is 2.50 bits per heavy atom. The van der Waals surface area contributed by atoms with E-state index >= 15 is 0 Å². The molecule has 2 saturated heterocycles. The molecule has 2 fully saturated rings. The molecule has 2 N–H and O–H groups in total. The highest BCUT2D eigenvalue weighted by Gasteiger charge is 2.62. The van der Waals surface area contributed by atoms with Gasteiger partial charge in [-0.05, 0) is 62.6 Å².